The minimum absolute atomic E-state index is 0.299. The Morgan fingerprint density at radius 3 is 2.23 bits per heavy atom. The molecule has 0 aromatic carbocycles. The maximum atomic E-state index is 2.67. The second-order valence-electron chi connectivity index (χ2n) is 5.36. The van der Waals surface area contributed by atoms with Gasteiger partial charge in [-0.2, -0.15) is 0 Å². The first kappa shape index (κ1) is 11.4. The van der Waals surface area contributed by atoms with Gasteiger partial charge in [-0.3, -0.25) is 4.90 Å². The van der Waals surface area contributed by atoms with Gasteiger partial charge in [-0.05, 0) is 41.0 Å². The van der Waals surface area contributed by atoms with Crippen LogP contribution in [0.4, 0.5) is 0 Å². The summed E-state index contributed by atoms with van der Waals surface area (Å²) in [4.78, 5) is 2.99. The molecule has 0 aromatic rings. The molecule has 1 nitrogen and oxygen atoms in total. The minimum atomic E-state index is 0.299. The molecule has 1 atom stereocenters. The molecule has 1 aliphatic rings. The lowest BCUT2D eigenvalue weighted by atomic mass is 9.99. The quantitative estimate of drug-likeness (QED) is 0.640. The highest BCUT2D eigenvalue weighted by molar-refractivity contribution is 8.00. The Kier molecular flexibility index (Phi) is 3.04. The van der Waals surface area contributed by atoms with E-state index in [1.54, 1.807) is 0 Å². The molecule has 78 valence electrons. The van der Waals surface area contributed by atoms with E-state index < -0.39 is 0 Å². The molecule has 0 amide bonds. The van der Waals surface area contributed by atoms with Gasteiger partial charge in [0.1, 0.15) is 0 Å². The van der Waals surface area contributed by atoms with Crippen LogP contribution in [0.1, 0.15) is 48.0 Å². The van der Waals surface area contributed by atoms with Crippen LogP contribution in [0.5, 0.6) is 0 Å². The molecule has 1 aliphatic heterocycles. The maximum absolute atomic E-state index is 2.67. The van der Waals surface area contributed by atoms with E-state index >= 15 is 0 Å². The van der Waals surface area contributed by atoms with E-state index in [0.717, 1.165) is 6.04 Å². The van der Waals surface area contributed by atoms with E-state index in [4.69, 9.17) is 0 Å². The molecule has 0 radical (unpaired) electrons. The fraction of sp³-hybridized carbons (Fsp3) is 1.00. The average molecular weight is 201 g/mol. The van der Waals surface area contributed by atoms with Crippen molar-refractivity contribution in [2.75, 3.05) is 5.75 Å². The fourth-order valence-corrected chi connectivity index (χ4v) is 4.09. The molecule has 13 heavy (non-hydrogen) atoms. The summed E-state index contributed by atoms with van der Waals surface area (Å²) in [6.07, 6.45) is 1.27. The third-order valence-electron chi connectivity index (χ3n) is 2.77. The van der Waals surface area contributed by atoms with Crippen LogP contribution in [-0.2, 0) is 0 Å². The van der Waals surface area contributed by atoms with Crippen LogP contribution in [0, 0.1) is 0 Å². The van der Waals surface area contributed by atoms with E-state index in [1.807, 2.05) is 0 Å². The van der Waals surface area contributed by atoms with Gasteiger partial charge in [-0.25, -0.2) is 0 Å². The lowest BCUT2D eigenvalue weighted by Crippen LogP contribution is -2.53. The summed E-state index contributed by atoms with van der Waals surface area (Å²) in [5.74, 6) is 1.29. The van der Waals surface area contributed by atoms with Crippen molar-refractivity contribution < 1.29 is 0 Å². The van der Waals surface area contributed by atoms with Gasteiger partial charge in [-0.1, -0.05) is 6.92 Å². The molecule has 0 aromatic heterocycles. The van der Waals surface area contributed by atoms with E-state index in [9.17, 15) is 0 Å². The van der Waals surface area contributed by atoms with Crippen molar-refractivity contribution in [3.63, 3.8) is 0 Å². The van der Waals surface area contributed by atoms with Crippen molar-refractivity contribution in [3.05, 3.63) is 0 Å². The third kappa shape index (κ3) is 2.21. The zero-order valence-corrected chi connectivity index (χ0v) is 10.7. The summed E-state index contributed by atoms with van der Waals surface area (Å²) in [5, 5.41) is 0. The molecule has 0 bridgehead atoms. The summed E-state index contributed by atoms with van der Waals surface area (Å²) in [7, 11) is 0. The van der Waals surface area contributed by atoms with Crippen molar-refractivity contribution >= 4 is 11.8 Å². The van der Waals surface area contributed by atoms with Crippen LogP contribution < -0.4 is 0 Å². The monoisotopic (exact) mass is 201 g/mol. The molecule has 1 heterocycles. The number of hydrogen-bond acceptors (Lipinski definition) is 2. The van der Waals surface area contributed by atoms with E-state index in [1.165, 1.54) is 12.2 Å². The first-order valence-corrected chi connectivity index (χ1v) is 6.21. The van der Waals surface area contributed by atoms with Crippen molar-refractivity contribution in [2.45, 2.75) is 64.4 Å². The smallest absolute Gasteiger partial charge is 0.0620 e. The molecule has 1 fully saturated rings. The van der Waals surface area contributed by atoms with Crippen molar-refractivity contribution in [3.8, 4) is 0 Å². The normalized spacial score (nSPS) is 29.5. The average Bonchev–Trinajstić information content (AvgIpc) is 2.23. The predicted octanol–water partition coefficient (Wildman–Crippen LogP) is 3.35. The third-order valence-corrected chi connectivity index (χ3v) is 4.22. The highest BCUT2D eigenvalue weighted by atomic mass is 32.2. The van der Waals surface area contributed by atoms with Crippen LogP contribution in [0.2, 0.25) is 0 Å². The predicted molar refractivity (Wildman–Crippen MR) is 62.2 cm³/mol. The summed E-state index contributed by atoms with van der Waals surface area (Å²) in [6.45, 7) is 14.0. The second-order valence-corrected chi connectivity index (χ2v) is 6.98. The number of thioether (sulfide) groups is 1. The Labute approximate surface area is 87.3 Å². The van der Waals surface area contributed by atoms with Crippen molar-refractivity contribution in [1.82, 2.24) is 4.90 Å². The van der Waals surface area contributed by atoms with Gasteiger partial charge in [0, 0.05) is 17.3 Å². The van der Waals surface area contributed by atoms with Crippen LogP contribution in [0.25, 0.3) is 0 Å². The fourth-order valence-electron chi connectivity index (χ4n) is 2.54. The first-order valence-electron chi connectivity index (χ1n) is 5.22. The molecule has 0 saturated carbocycles. The highest BCUT2D eigenvalue weighted by Gasteiger charge is 2.44. The second kappa shape index (κ2) is 3.47. The van der Waals surface area contributed by atoms with Crippen LogP contribution in [0.3, 0.4) is 0 Å². The topological polar surface area (TPSA) is 3.24 Å². The van der Waals surface area contributed by atoms with Gasteiger partial charge in [0.05, 0.1) is 4.87 Å². The standard InChI is InChI=1S/C11H23NS/c1-7-9-8-13-11(5,6)12(9)10(2,3)4/h9H,7-8H2,1-6H3. The summed E-state index contributed by atoms with van der Waals surface area (Å²) >= 11 is 2.09. The molecule has 0 N–H and O–H groups in total. The minimum Gasteiger partial charge on any atom is -0.281 e. The Morgan fingerprint density at radius 2 is 1.92 bits per heavy atom. The van der Waals surface area contributed by atoms with Gasteiger partial charge >= 0.3 is 0 Å². The van der Waals surface area contributed by atoms with Crippen LogP contribution in [0.15, 0.2) is 0 Å². The Hall–Kier alpha value is 0.310. The van der Waals surface area contributed by atoms with Crippen molar-refractivity contribution in [2.24, 2.45) is 0 Å². The molecule has 0 spiro atoms. The molecular formula is C11H23NS. The van der Waals surface area contributed by atoms with Crippen LogP contribution in [-0.4, -0.2) is 27.1 Å². The lowest BCUT2D eigenvalue weighted by Gasteiger charge is -2.44. The van der Waals surface area contributed by atoms with Gasteiger partial charge in [0.25, 0.3) is 0 Å². The van der Waals surface area contributed by atoms with Crippen LogP contribution >= 0.6 is 11.8 Å². The molecule has 0 aliphatic carbocycles. The lowest BCUT2D eigenvalue weighted by molar-refractivity contribution is 0.0522. The van der Waals surface area contributed by atoms with Gasteiger partial charge in [0.2, 0.25) is 0 Å². The van der Waals surface area contributed by atoms with E-state index in [2.05, 4.69) is 58.2 Å². The van der Waals surface area contributed by atoms with E-state index in [0.29, 0.717) is 10.4 Å². The SMILES string of the molecule is CCC1CSC(C)(C)N1C(C)(C)C. The number of rotatable bonds is 1. The van der Waals surface area contributed by atoms with Gasteiger partial charge < -0.3 is 0 Å². The summed E-state index contributed by atoms with van der Waals surface area (Å²) in [5.41, 5.74) is 0.299. The highest BCUT2D eigenvalue weighted by Crippen LogP contribution is 2.44. The van der Waals surface area contributed by atoms with Gasteiger partial charge in [0.15, 0.2) is 0 Å². The number of hydrogen-bond donors (Lipinski definition) is 0. The largest absolute Gasteiger partial charge is 0.281 e. The molecule has 1 rings (SSSR count). The number of nitrogens with zero attached hydrogens (tertiary/aromatic N) is 1. The molecule has 1 unspecified atom stereocenters. The van der Waals surface area contributed by atoms with Gasteiger partial charge in [-0.15, -0.1) is 11.8 Å². The zero-order valence-electron chi connectivity index (χ0n) is 9.85. The Balaban J connectivity index is 2.87. The Morgan fingerprint density at radius 1 is 1.38 bits per heavy atom. The van der Waals surface area contributed by atoms with E-state index in [-0.39, 0.29) is 0 Å². The Bertz CT molecular complexity index is 181. The molecular weight excluding hydrogens is 178 g/mol. The summed E-state index contributed by atoms with van der Waals surface area (Å²) in [6, 6.07) is 0.764. The molecule has 2 heteroatoms. The van der Waals surface area contributed by atoms with Crippen molar-refractivity contribution in [1.29, 1.82) is 0 Å². The molecule has 1 saturated heterocycles. The zero-order chi connectivity index (χ0) is 10.3. The summed E-state index contributed by atoms with van der Waals surface area (Å²) < 4.78 is 0. The first-order chi connectivity index (χ1) is 5.79. The maximum Gasteiger partial charge on any atom is 0.0620 e.